The zero-order valence-electron chi connectivity index (χ0n) is 40.9. The molecule has 6 bridgehead atoms. The number of phenolic OH excluding ortho intramolecular Hbond substituents is 1. The highest BCUT2D eigenvalue weighted by atomic mass is 16.5. The van der Waals surface area contributed by atoms with Crippen molar-refractivity contribution in [3.05, 3.63) is 71.5 Å². The summed E-state index contributed by atoms with van der Waals surface area (Å²) >= 11 is 0. The summed E-state index contributed by atoms with van der Waals surface area (Å²) in [6, 6.07) is 11.8. The number of carbonyl (C=O) groups excluding carboxylic acids is 5. The lowest BCUT2D eigenvalue weighted by Crippen LogP contribution is -2.66. The number of likely N-dealkylation sites (N-methyl/N-ethyl adjacent to an activating group) is 1. The molecule has 0 saturated carbocycles. The van der Waals surface area contributed by atoms with Crippen molar-refractivity contribution in [3.8, 4) is 28.1 Å². The Bertz CT molecular complexity index is 2530. The number of aromatic hydroxyl groups is 1. The fourth-order valence-electron chi connectivity index (χ4n) is 9.77. The molecule has 68 heavy (non-hydrogen) atoms. The van der Waals surface area contributed by atoms with Gasteiger partial charge in [0.15, 0.2) is 0 Å². The smallest absolute Gasteiger partial charge is 0.324 e. The number of pyridine rings is 1. The van der Waals surface area contributed by atoms with E-state index in [2.05, 4.69) is 59.6 Å². The number of nitrogens with zero attached hydrogens (tertiary/aromatic N) is 5. The van der Waals surface area contributed by atoms with Gasteiger partial charge in [0.05, 0.1) is 30.1 Å². The molecule has 17 nitrogen and oxygen atoms in total. The number of phenols is 1. The van der Waals surface area contributed by atoms with E-state index in [1.165, 1.54) is 9.91 Å². The molecule has 0 spiro atoms. The van der Waals surface area contributed by atoms with Crippen molar-refractivity contribution in [2.45, 2.75) is 111 Å². The molecule has 3 aliphatic rings. The number of urea groups is 1. The molecule has 2 fully saturated rings. The molecule has 5 heterocycles. The van der Waals surface area contributed by atoms with Gasteiger partial charge < -0.3 is 45.3 Å². The number of hydrazine groups is 1. The zero-order valence-corrected chi connectivity index (χ0v) is 40.9. The number of hydrogen-bond donors (Lipinski definition) is 5. The van der Waals surface area contributed by atoms with Crippen LogP contribution in [0.2, 0.25) is 0 Å². The van der Waals surface area contributed by atoms with E-state index in [1.54, 1.807) is 44.3 Å². The Morgan fingerprint density at radius 1 is 1.04 bits per heavy atom. The first-order valence-corrected chi connectivity index (χ1v) is 23.9. The number of amides is 5. The summed E-state index contributed by atoms with van der Waals surface area (Å²) in [5.74, 6) is -2.43. The van der Waals surface area contributed by atoms with Gasteiger partial charge in [0.2, 0.25) is 11.8 Å². The summed E-state index contributed by atoms with van der Waals surface area (Å²) in [6.45, 7) is 15.4. The highest BCUT2D eigenvalue weighted by Crippen LogP contribution is 2.42. The van der Waals surface area contributed by atoms with Crippen molar-refractivity contribution in [3.63, 3.8) is 0 Å². The van der Waals surface area contributed by atoms with E-state index in [0.29, 0.717) is 36.9 Å². The van der Waals surface area contributed by atoms with Gasteiger partial charge in [-0.2, -0.15) is 0 Å². The monoisotopic (exact) mass is 936 g/mol. The lowest BCUT2D eigenvalue weighted by atomic mass is 9.84. The fraction of sp³-hybridized carbons (Fsp3) is 0.529. The third-order valence-corrected chi connectivity index (χ3v) is 13.6. The van der Waals surface area contributed by atoms with Crippen LogP contribution in [0.15, 0.2) is 54.7 Å². The van der Waals surface area contributed by atoms with Crippen LogP contribution in [0.3, 0.4) is 0 Å². The third kappa shape index (κ3) is 10.5. The molecule has 2 aromatic heterocycles. The highest BCUT2D eigenvalue weighted by molar-refractivity contribution is 5.96. The zero-order chi connectivity index (χ0) is 49.2. The van der Waals surface area contributed by atoms with Gasteiger partial charge in [0, 0.05) is 87.3 Å². The van der Waals surface area contributed by atoms with Crippen molar-refractivity contribution in [2.24, 2.45) is 23.0 Å². The van der Waals surface area contributed by atoms with Gasteiger partial charge in [0.25, 0.3) is 5.91 Å². The van der Waals surface area contributed by atoms with Crippen LogP contribution in [0.1, 0.15) is 84.2 Å². The number of carbonyl (C=O) groups is 5. The molecule has 366 valence electrons. The molecule has 0 radical (unpaired) electrons. The predicted octanol–water partition coefficient (Wildman–Crippen LogP) is 4.92. The highest BCUT2D eigenvalue weighted by Gasteiger charge is 2.41. The van der Waals surface area contributed by atoms with Crippen LogP contribution in [-0.2, 0) is 48.0 Å². The standard InChI is InChI=1S/C51H69N9O8/c1-10-59-42-16-15-33-23-38(42)39(45(59)37-13-11-17-53-43(37)31(5)67-9)24-51(6,7)28-68-49(65)40-14-12-18-60(56-40)48(64)41(21-32-19-34(33)22-36(61)20-32)55-47(63)44(29(2)3)57(8)50(66)58-26-35(27-58)54-46(62)30(4)25-52/h11,13,15-17,19-20,22-23,29-31,35,40-41,44,56,61H,10,12,14,18,21,24-28,52H2,1-9H3,(H,54,62)(H,55,63)/t30-,31+,40+,41+,44+/m1/s1. The van der Waals surface area contributed by atoms with Gasteiger partial charge in [-0.1, -0.05) is 46.8 Å². The quantitative estimate of drug-likeness (QED) is 0.127. The average molecular weight is 936 g/mol. The van der Waals surface area contributed by atoms with Crippen molar-refractivity contribution >= 4 is 40.6 Å². The lowest BCUT2D eigenvalue weighted by molar-refractivity contribution is -0.155. The SMILES string of the molecule is CCn1c(-c2cccnc2[C@H](C)OC)c2c3cc(ccc31)-c1cc(O)cc(c1)C[C@H](NC(=O)[C@H](C(C)C)N(C)C(=O)N1CC(NC(=O)[C@H](C)CN)C1)C(=O)N1CCC[C@H](N1)C(=O)OCC(C)(C)C2. The van der Waals surface area contributed by atoms with E-state index >= 15 is 0 Å². The number of fused-ring (bicyclic) bond motifs is 6. The summed E-state index contributed by atoms with van der Waals surface area (Å²) in [6.07, 6.45) is 2.94. The van der Waals surface area contributed by atoms with E-state index < -0.39 is 41.3 Å². The summed E-state index contributed by atoms with van der Waals surface area (Å²) in [4.78, 5) is 77.1. The number of hydrogen-bond acceptors (Lipinski definition) is 11. The summed E-state index contributed by atoms with van der Waals surface area (Å²) < 4.78 is 14.2. The van der Waals surface area contributed by atoms with Crippen LogP contribution in [0, 0.1) is 17.3 Å². The molecule has 5 amide bonds. The van der Waals surface area contributed by atoms with Crippen molar-refractivity contribution in [1.29, 1.82) is 0 Å². The number of nitrogens with one attached hydrogen (secondary N) is 3. The number of methoxy groups -OCH3 is 1. The molecular weight excluding hydrogens is 867 g/mol. The van der Waals surface area contributed by atoms with Gasteiger partial charge in [-0.3, -0.25) is 29.2 Å². The molecule has 5 atom stereocenters. The number of esters is 1. The van der Waals surface area contributed by atoms with E-state index in [9.17, 15) is 29.1 Å². The minimum Gasteiger partial charge on any atom is -0.508 e. The van der Waals surface area contributed by atoms with Crippen LogP contribution >= 0.6 is 0 Å². The minimum atomic E-state index is -1.17. The molecule has 4 aromatic rings. The van der Waals surface area contributed by atoms with Crippen LogP contribution in [0.25, 0.3) is 33.3 Å². The number of nitrogens with two attached hydrogens (primary N) is 1. The fourth-order valence-corrected chi connectivity index (χ4v) is 9.77. The predicted molar refractivity (Wildman–Crippen MR) is 259 cm³/mol. The maximum Gasteiger partial charge on any atom is 0.324 e. The Morgan fingerprint density at radius 2 is 1.79 bits per heavy atom. The second-order valence-electron chi connectivity index (χ2n) is 19.9. The number of rotatable bonds is 11. The van der Waals surface area contributed by atoms with E-state index in [4.69, 9.17) is 20.2 Å². The second-order valence-corrected chi connectivity index (χ2v) is 19.9. The number of aryl methyl sites for hydroxylation is 1. The first kappa shape index (κ1) is 49.9. The van der Waals surface area contributed by atoms with Gasteiger partial charge >= 0.3 is 12.0 Å². The summed E-state index contributed by atoms with van der Waals surface area (Å²) in [7, 11) is 3.23. The molecular formula is C51H69N9O8. The number of aromatic nitrogens is 2. The van der Waals surface area contributed by atoms with E-state index in [-0.39, 0.29) is 80.9 Å². The number of benzene rings is 2. The Morgan fingerprint density at radius 3 is 2.49 bits per heavy atom. The van der Waals surface area contributed by atoms with E-state index in [0.717, 1.165) is 39.0 Å². The average Bonchev–Trinajstić information content (AvgIpc) is 3.61. The van der Waals surface area contributed by atoms with Crippen molar-refractivity contribution in [2.75, 3.05) is 46.9 Å². The van der Waals surface area contributed by atoms with Crippen LogP contribution in [0.4, 0.5) is 4.79 Å². The molecule has 7 rings (SSSR count). The normalized spacial score (nSPS) is 20.2. The molecule has 6 N–H and O–H groups in total. The maximum absolute atomic E-state index is 14.7. The molecule has 2 aromatic carbocycles. The van der Waals surface area contributed by atoms with Crippen LogP contribution < -0.4 is 21.8 Å². The lowest BCUT2D eigenvalue weighted by Gasteiger charge is -2.43. The van der Waals surface area contributed by atoms with Crippen molar-refractivity contribution in [1.82, 2.24) is 40.4 Å². The van der Waals surface area contributed by atoms with Crippen molar-refractivity contribution < 1.29 is 38.6 Å². The summed E-state index contributed by atoms with van der Waals surface area (Å²) in [5, 5.41) is 19.6. The first-order valence-electron chi connectivity index (χ1n) is 23.9. The summed E-state index contributed by atoms with van der Waals surface area (Å²) in [5.41, 5.74) is 15.1. The largest absolute Gasteiger partial charge is 0.508 e. The molecule has 0 aliphatic carbocycles. The molecule has 0 unspecified atom stereocenters. The van der Waals surface area contributed by atoms with E-state index in [1.807, 2.05) is 39.0 Å². The topological polar surface area (TPSA) is 214 Å². The second kappa shape index (κ2) is 20.7. The number of ether oxygens (including phenoxy) is 2. The van der Waals surface area contributed by atoms with Crippen LogP contribution in [0.5, 0.6) is 5.75 Å². The van der Waals surface area contributed by atoms with Gasteiger partial charge in [-0.15, -0.1) is 0 Å². The van der Waals surface area contributed by atoms with Crippen LogP contribution in [-0.4, -0.2) is 130 Å². The minimum absolute atomic E-state index is 0.0166. The number of cyclic esters (lactones) is 1. The molecule has 17 heteroatoms. The molecule has 3 aliphatic heterocycles. The maximum atomic E-state index is 14.7. The Labute approximate surface area is 399 Å². The van der Waals surface area contributed by atoms with Gasteiger partial charge in [-0.05, 0) is 97.7 Å². The Balaban J connectivity index is 1.27. The van der Waals surface area contributed by atoms with Gasteiger partial charge in [-0.25, -0.2) is 10.2 Å². The Kier molecular flexibility index (Phi) is 15.2. The Hall–Kier alpha value is -6.04. The number of likely N-dealkylation sites (tertiary alicyclic amines) is 1. The molecule has 2 saturated heterocycles. The third-order valence-electron chi connectivity index (χ3n) is 13.6. The first-order chi connectivity index (χ1) is 32.3. The van der Waals surface area contributed by atoms with Gasteiger partial charge in [0.1, 0.15) is 23.9 Å².